The van der Waals surface area contributed by atoms with Gasteiger partial charge in [0.2, 0.25) is 11.3 Å². The molecule has 0 aliphatic carbocycles. The van der Waals surface area contributed by atoms with Crippen LogP contribution in [0.1, 0.15) is 17.3 Å². The fourth-order valence-electron chi connectivity index (χ4n) is 3.84. The summed E-state index contributed by atoms with van der Waals surface area (Å²) in [5.74, 6) is -4.62. The van der Waals surface area contributed by atoms with E-state index in [1.165, 1.54) is 0 Å². The highest BCUT2D eigenvalue weighted by atomic mass is 19.1. The molecule has 4 aromatic rings. The Balaban J connectivity index is 2.22. The molecule has 11 heteroatoms. The number of carbonyl (C=O) groups is 1. The molecule has 35 heavy (non-hydrogen) atoms. The highest BCUT2D eigenvalue weighted by Gasteiger charge is 2.28. The van der Waals surface area contributed by atoms with Crippen LogP contribution in [-0.4, -0.2) is 31.4 Å². The van der Waals surface area contributed by atoms with Crippen LogP contribution in [0.4, 0.5) is 8.78 Å². The molecule has 0 aliphatic heterocycles. The average molecular weight is 483 g/mol. The highest BCUT2D eigenvalue weighted by Crippen LogP contribution is 2.34. The Morgan fingerprint density at radius 2 is 1.69 bits per heavy atom. The lowest BCUT2D eigenvalue weighted by atomic mass is 10.0. The first-order valence-corrected chi connectivity index (χ1v) is 10.4. The van der Waals surface area contributed by atoms with Crippen LogP contribution in [0.25, 0.3) is 27.7 Å². The molecule has 4 rings (SSSR count). The van der Waals surface area contributed by atoms with Gasteiger partial charge >= 0.3 is 11.7 Å². The third-order valence-electron chi connectivity index (χ3n) is 5.59. The SMILES string of the molecule is CCOC(=O)c1cn(-c2ccccc2)c2c(F)c(-c3c(O)n(C)c(=O)n(C)c3=O)c(F)cc2c1=O. The average Bonchev–Trinajstić information content (AvgIpc) is 2.84. The zero-order valence-electron chi connectivity index (χ0n) is 18.8. The van der Waals surface area contributed by atoms with E-state index in [4.69, 9.17) is 4.74 Å². The van der Waals surface area contributed by atoms with Crippen LogP contribution in [0.5, 0.6) is 5.88 Å². The zero-order chi connectivity index (χ0) is 25.6. The molecule has 1 N–H and O–H groups in total. The number of pyridine rings is 1. The summed E-state index contributed by atoms with van der Waals surface area (Å²) in [5, 5.41) is 9.97. The van der Waals surface area contributed by atoms with Crippen LogP contribution in [0.2, 0.25) is 0 Å². The van der Waals surface area contributed by atoms with Gasteiger partial charge in [-0.3, -0.25) is 18.7 Å². The van der Waals surface area contributed by atoms with Crippen molar-refractivity contribution in [2.45, 2.75) is 6.92 Å². The standard InChI is InChI=1S/C24H19F2N3O6/c1-4-35-23(33)14-11-29(12-8-6-5-7-9-12)19-13(20(14)30)10-15(25)16(18(19)26)17-21(31)27(2)24(34)28(3)22(17)32/h5-11,31H,4H2,1-3H3. The number of benzene rings is 2. The molecule has 0 saturated carbocycles. The van der Waals surface area contributed by atoms with Gasteiger partial charge in [0.05, 0.1) is 23.1 Å². The van der Waals surface area contributed by atoms with Gasteiger partial charge in [-0.1, -0.05) is 18.2 Å². The Hall–Kier alpha value is -4.54. The number of rotatable bonds is 4. The minimum absolute atomic E-state index is 0.0292. The van der Waals surface area contributed by atoms with Gasteiger partial charge in [0.25, 0.3) is 5.56 Å². The summed E-state index contributed by atoms with van der Waals surface area (Å²) in [7, 11) is 2.22. The molecule has 0 bridgehead atoms. The van der Waals surface area contributed by atoms with Crippen LogP contribution in [-0.2, 0) is 18.8 Å². The number of halogens is 2. The monoisotopic (exact) mass is 483 g/mol. The second-order valence-electron chi connectivity index (χ2n) is 7.65. The second-order valence-corrected chi connectivity index (χ2v) is 7.65. The molecule has 180 valence electrons. The first-order valence-electron chi connectivity index (χ1n) is 10.4. The van der Waals surface area contributed by atoms with Crippen molar-refractivity contribution in [3.63, 3.8) is 0 Å². The number of esters is 1. The number of para-hydroxylation sites is 1. The first-order chi connectivity index (χ1) is 16.6. The van der Waals surface area contributed by atoms with E-state index < -0.39 is 67.8 Å². The molecule has 0 saturated heterocycles. The van der Waals surface area contributed by atoms with E-state index in [1.54, 1.807) is 37.3 Å². The quantitative estimate of drug-likeness (QED) is 0.446. The maximum atomic E-state index is 16.1. The summed E-state index contributed by atoms with van der Waals surface area (Å²) < 4.78 is 38.7. The normalized spacial score (nSPS) is 11.1. The second kappa shape index (κ2) is 8.67. The third kappa shape index (κ3) is 3.61. The number of hydrogen-bond donors (Lipinski definition) is 1. The molecular weight excluding hydrogens is 464 g/mol. The number of nitrogens with zero attached hydrogens (tertiary/aromatic N) is 3. The number of hydrogen-bond acceptors (Lipinski definition) is 6. The number of fused-ring (bicyclic) bond motifs is 1. The Morgan fingerprint density at radius 3 is 2.31 bits per heavy atom. The number of aromatic nitrogens is 3. The largest absolute Gasteiger partial charge is 0.494 e. The maximum Gasteiger partial charge on any atom is 0.343 e. The van der Waals surface area contributed by atoms with Crippen molar-refractivity contribution in [3.8, 4) is 22.7 Å². The topological polar surface area (TPSA) is 113 Å². The number of carbonyl (C=O) groups excluding carboxylic acids is 1. The van der Waals surface area contributed by atoms with E-state index in [2.05, 4.69) is 0 Å². The van der Waals surface area contributed by atoms with E-state index >= 15 is 8.78 Å². The fraction of sp³-hybridized carbons (Fsp3) is 0.167. The Bertz CT molecular complexity index is 1690. The molecule has 0 atom stereocenters. The van der Waals surface area contributed by atoms with Crippen molar-refractivity contribution in [1.29, 1.82) is 0 Å². The molecule has 2 aromatic heterocycles. The molecule has 2 aromatic carbocycles. The Labute approximate surface area is 195 Å². The van der Waals surface area contributed by atoms with Crippen molar-refractivity contribution in [2.24, 2.45) is 14.1 Å². The lowest BCUT2D eigenvalue weighted by Crippen LogP contribution is -2.37. The molecule has 0 aliphatic rings. The van der Waals surface area contributed by atoms with Gasteiger partial charge in [0, 0.05) is 26.0 Å². The summed E-state index contributed by atoms with van der Waals surface area (Å²) in [5.41, 5.74) is -5.33. The van der Waals surface area contributed by atoms with Crippen molar-refractivity contribution in [1.82, 2.24) is 13.7 Å². The van der Waals surface area contributed by atoms with Gasteiger partial charge in [-0.2, -0.15) is 0 Å². The van der Waals surface area contributed by atoms with Crippen LogP contribution < -0.4 is 16.7 Å². The van der Waals surface area contributed by atoms with Crippen molar-refractivity contribution in [3.05, 3.63) is 90.9 Å². The lowest BCUT2D eigenvalue weighted by molar-refractivity contribution is 0.0524. The van der Waals surface area contributed by atoms with Gasteiger partial charge in [0.15, 0.2) is 5.82 Å². The summed E-state index contributed by atoms with van der Waals surface area (Å²) in [6, 6.07) is 8.74. The van der Waals surface area contributed by atoms with Crippen LogP contribution >= 0.6 is 0 Å². The minimum atomic E-state index is -1.35. The van der Waals surface area contributed by atoms with Crippen molar-refractivity contribution < 1.29 is 23.4 Å². The first kappa shape index (κ1) is 23.6. The van der Waals surface area contributed by atoms with E-state index in [0.29, 0.717) is 20.9 Å². The number of ether oxygens (including phenoxy) is 1. The van der Waals surface area contributed by atoms with Crippen LogP contribution in [0.15, 0.2) is 57.0 Å². The zero-order valence-corrected chi connectivity index (χ0v) is 18.8. The molecular formula is C24H19F2N3O6. The molecule has 0 radical (unpaired) electrons. The maximum absolute atomic E-state index is 16.1. The van der Waals surface area contributed by atoms with Gasteiger partial charge in [0.1, 0.15) is 16.9 Å². The summed E-state index contributed by atoms with van der Waals surface area (Å²) in [4.78, 5) is 50.3. The van der Waals surface area contributed by atoms with Gasteiger partial charge in [-0.15, -0.1) is 0 Å². The van der Waals surface area contributed by atoms with Crippen molar-refractivity contribution in [2.75, 3.05) is 6.61 Å². The molecule has 0 unspecified atom stereocenters. The smallest absolute Gasteiger partial charge is 0.343 e. The molecule has 0 fully saturated rings. The van der Waals surface area contributed by atoms with Crippen molar-refractivity contribution >= 4 is 16.9 Å². The molecule has 2 heterocycles. The summed E-state index contributed by atoms with van der Waals surface area (Å²) in [6.07, 6.45) is 1.07. The third-order valence-corrected chi connectivity index (χ3v) is 5.59. The molecule has 9 nitrogen and oxygen atoms in total. The van der Waals surface area contributed by atoms with E-state index in [0.717, 1.165) is 24.9 Å². The Kier molecular flexibility index (Phi) is 5.85. The van der Waals surface area contributed by atoms with Crippen LogP contribution in [0.3, 0.4) is 0 Å². The van der Waals surface area contributed by atoms with E-state index in [1.807, 2.05) is 0 Å². The van der Waals surface area contributed by atoms with E-state index in [9.17, 15) is 24.3 Å². The molecule has 0 spiro atoms. The van der Waals surface area contributed by atoms with Gasteiger partial charge in [-0.05, 0) is 25.1 Å². The lowest BCUT2D eigenvalue weighted by Gasteiger charge is -2.17. The Morgan fingerprint density at radius 1 is 1.03 bits per heavy atom. The van der Waals surface area contributed by atoms with Gasteiger partial charge in [-0.25, -0.2) is 18.4 Å². The van der Waals surface area contributed by atoms with E-state index in [-0.39, 0.29) is 6.61 Å². The van der Waals surface area contributed by atoms with Gasteiger partial charge < -0.3 is 14.4 Å². The molecule has 0 amide bonds. The summed E-state index contributed by atoms with van der Waals surface area (Å²) in [6.45, 7) is 1.51. The highest BCUT2D eigenvalue weighted by molar-refractivity contribution is 5.96. The predicted molar refractivity (Wildman–Crippen MR) is 123 cm³/mol. The fourth-order valence-corrected chi connectivity index (χ4v) is 3.84. The predicted octanol–water partition coefficient (Wildman–Crippen LogP) is 2.22. The van der Waals surface area contributed by atoms with Crippen LogP contribution in [0, 0.1) is 11.6 Å². The number of aromatic hydroxyl groups is 1. The summed E-state index contributed by atoms with van der Waals surface area (Å²) >= 11 is 0. The minimum Gasteiger partial charge on any atom is -0.494 e.